The van der Waals surface area contributed by atoms with Gasteiger partial charge in [-0.3, -0.25) is 4.99 Å². The average Bonchev–Trinajstić information content (AvgIpc) is 3.16. The maximum absolute atomic E-state index is 4.89. The molecule has 0 atom stereocenters. The van der Waals surface area contributed by atoms with Crippen LogP contribution in [0, 0.1) is 0 Å². The van der Waals surface area contributed by atoms with E-state index in [1.807, 2.05) is 30.3 Å². The average molecular weight is 485 g/mol. The number of halogens is 1. The Morgan fingerprint density at radius 1 is 1.30 bits per heavy atom. The molecule has 0 radical (unpaired) electrons. The number of piperazine rings is 1. The molecule has 0 saturated carbocycles. The van der Waals surface area contributed by atoms with Crippen LogP contribution in [0.4, 0.5) is 5.82 Å². The van der Waals surface area contributed by atoms with E-state index in [0.717, 1.165) is 43.7 Å². The molecule has 0 amide bonds. The molecular formula is C18H28IN7O. The number of rotatable bonds is 5. The lowest BCUT2D eigenvalue weighted by Crippen LogP contribution is -2.45. The molecule has 148 valence electrons. The Morgan fingerprint density at radius 3 is 2.74 bits per heavy atom. The number of nitrogens with one attached hydrogen (secondary N) is 1. The number of pyridine rings is 1. The minimum Gasteiger partial charge on any atom is -0.364 e. The van der Waals surface area contributed by atoms with E-state index in [9.17, 15) is 0 Å². The molecule has 2 aromatic heterocycles. The van der Waals surface area contributed by atoms with Crippen molar-refractivity contribution in [2.24, 2.45) is 4.99 Å². The van der Waals surface area contributed by atoms with Crippen LogP contribution in [0.3, 0.4) is 0 Å². The second-order valence-electron chi connectivity index (χ2n) is 6.52. The Hall–Kier alpha value is -1.88. The fourth-order valence-corrected chi connectivity index (χ4v) is 3.07. The van der Waals surface area contributed by atoms with E-state index in [1.54, 1.807) is 13.3 Å². The summed E-state index contributed by atoms with van der Waals surface area (Å²) in [6.07, 6.45) is 3.44. The van der Waals surface area contributed by atoms with Crippen LogP contribution >= 0.6 is 24.0 Å². The fraction of sp³-hybridized carbons (Fsp3) is 0.500. The van der Waals surface area contributed by atoms with E-state index in [4.69, 9.17) is 4.52 Å². The lowest BCUT2D eigenvalue weighted by atomic mass is 10.2. The first-order valence-electron chi connectivity index (χ1n) is 8.86. The van der Waals surface area contributed by atoms with Crippen LogP contribution < -0.4 is 10.2 Å². The zero-order valence-corrected chi connectivity index (χ0v) is 18.5. The molecular weight excluding hydrogens is 457 g/mol. The molecule has 8 nitrogen and oxygen atoms in total. The summed E-state index contributed by atoms with van der Waals surface area (Å²) in [5.74, 6) is 1.86. The lowest BCUT2D eigenvalue weighted by molar-refractivity contribution is 0.311. The molecule has 0 spiro atoms. The lowest BCUT2D eigenvalue weighted by Gasteiger charge is -2.34. The number of aliphatic imine (C=N–C) groups is 1. The first-order valence-corrected chi connectivity index (χ1v) is 8.86. The Morgan fingerprint density at radius 2 is 2.07 bits per heavy atom. The molecule has 0 bridgehead atoms. The quantitative estimate of drug-likeness (QED) is 0.392. The number of aromatic nitrogens is 2. The van der Waals surface area contributed by atoms with Gasteiger partial charge in [0.2, 0.25) is 0 Å². The number of guanidine groups is 1. The molecule has 27 heavy (non-hydrogen) atoms. The molecule has 3 rings (SSSR count). The Balaban J connectivity index is 0.00000261. The van der Waals surface area contributed by atoms with Crippen molar-refractivity contribution in [3.8, 4) is 0 Å². The van der Waals surface area contributed by atoms with Crippen LogP contribution in [0.2, 0.25) is 0 Å². The van der Waals surface area contributed by atoms with Crippen molar-refractivity contribution in [3.05, 3.63) is 41.9 Å². The normalized spacial score (nSPS) is 15.4. The van der Waals surface area contributed by atoms with Crippen molar-refractivity contribution < 1.29 is 4.52 Å². The molecule has 3 heterocycles. The summed E-state index contributed by atoms with van der Waals surface area (Å²) in [5, 5.41) is 7.38. The molecule has 0 aliphatic carbocycles. The molecule has 0 aromatic carbocycles. The van der Waals surface area contributed by atoms with Crippen molar-refractivity contribution in [2.45, 2.75) is 13.1 Å². The first kappa shape index (κ1) is 21.4. The van der Waals surface area contributed by atoms with E-state index in [0.29, 0.717) is 13.1 Å². The molecule has 1 fully saturated rings. The monoisotopic (exact) mass is 485 g/mol. The van der Waals surface area contributed by atoms with Crippen LogP contribution in [-0.2, 0) is 13.1 Å². The smallest absolute Gasteiger partial charge is 0.194 e. The van der Waals surface area contributed by atoms with Crippen LogP contribution in [0.1, 0.15) is 11.3 Å². The van der Waals surface area contributed by atoms with Crippen LogP contribution in [-0.4, -0.2) is 73.2 Å². The van der Waals surface area contributed by atoms with Gasteiger partial charge in [-0.1, -0.05) is 11.2 Å². The van der Waals surface area contributed by atoms with Gasteiger partial charge in [0.25, 0.3) is 0 Å². The number of nitrogens with zero attached hydrogens (tertiary/aromatic N) is 6. The predicted octanol–water partition coefficient (Wildman–Crippen LogP) is 1.65. The van der Waals surface area contributed by atoms with Crippen molar-refractivity contribution >= 4 is 35.8 Å². The van der Waals surface area contributed by atoms with Gasteiger partial charge in [-0.15, -0.1) is 24.0 Å². The highest BCUT2D eigenvalue weighted by atomic mass is 127. The van der Waals surface area contributed by atoms with E-state index in [-0.39, 0.29) is 24.0 Å². The van der Waals surface area contributed by atoms with Crippen LogP contribution in [0.25, 0.3) is 0 Å². The van der Waals surface area contributed by atoms with Gasteiger partial charge in [-0.25, -0.2) is 4.98 Å². The fourth-order valence-electron chi connectivity index (χ4n) is 3.07. The topological polar surface area (TPSA) is 73.0 Å². The minimum absolute atomic E-state index is 0. The summed E-state index contributed by atoms with van der Waals surface area (Å²) in [4.78, 5) is 15.7. The van der Waals surface area contributed by atoms with Crippen molar-refractivity contribution in [2.75, 3.05) is 52.2 Å². The van der Waals surface area contributed by atoms with E-state index >= 15 is 0 Å². The third-order valence-electron chi connectivity index (χ3n) is 4.57. The zero-order valence-electron chi connectivity index (χ0n) is 16.1. The summed E-state index contributed by atoms with van der Waals surface area (Å²) < 4.78 is 4.89. The number of anilines is 1. The standard InChI is InChI=1S/C18H27N7O.HI/c1-19-18(24(3)14-16-6-12-26-22-16)21-13-15-5-4-7-20-17(15)25-10-8-23(2)9-11-25;/h4-7,12H,8-11,13-14H2,1-3H3,(H,19,21);1H. The minimum atomic E-state index is 0. The van der Waals surface area contributed by atoms with Gasteiger partial charge in [0, 0.05) is 64.6 Å². The summed E-state index contributed by atoms with van der Waals surface area (Å²) in [7, 11) is 5.92. The van der Waals surface area contributed by atoms with Gasteiger partial charge in [0.05, 0.1) is 6.54 Å². The molecule has 9 heteroatoms. The highest BCUT2D eigenvalue weighted by Gasteiger charge is 2.18. The zero-order chi connectivity index (χ0) is 18.4. The molecule has 2 aromatic rings. The Kier molecular flexibility index (Phi) is 8.29. The van der Waals surface area contributed by atoms with Crippen molar-refractivity contribution in [1.82, 2.24) is 25.3 Å². The summed E-state index contributed by atoms with van der Waals surface area (Å²) >= 11 is 0. The molecule has 1 aliphatic rings. The summed E-state index contributed by atoms with van der Waals surface area (Å²) in [6, 6.07) is 5.97. The van der Waals surface area contributed by atoms with Crippen molar-refractivity contribution in [3.63, 3.8) is 0 Å². The molecule has 1 saturated heterocycles. The summed E-state index contributed by atoms with van der Waals surface area (Å²) in [5.41, 5.74) is 2.04. The molecule has 1 aliphatic heterocycles. The maximum atomic E-state index is 4.89. The third kappa shape index (κ3) is 5.80. The number of hydrogen-bond donors (Lipinski definition) is 1. The highest BCUT2D eigenvalue weighted by molar-refractivity contribution is 14.0. The largest absolute Gasteiger partial charge is 0.364 e. The van der Waals surface area contributed by atoms with Gasteiger partial charge in [0.15, 0.2) is 5.96 Å². The predicted molar refractivity (Wildman–Crippen MR) is 118 cm³/mol. The molecule has 1 N–H and O–H groups in total. The molecule has 0 unspecified atom stereocenters. The van der Waals surface area contributed by atoms with Gasteiger partial charge in [-0.2, -0.15) is 0 Å². The van der Waals surface area contributed by atoms with E-state index < -0.39 is 0 Å². The van der Waals surface area contributed by atoms with Crippen LogP contribution in [0.15, 0.2) is 40.2 Å². The van der Waals surface area contributed by atoms with Gasteiger partial charge >= 0.3 is 0 Å². The SMILES string of the molecule is CN=C(NCc1cccnc1N1CCN(C)CC1)N(C)Cc1ccon1.I. The van der Waals surface area contributed by atoms with E-state index in [2.05, 4.69) is 43.4 Å². The number of likely N-dealkylation sites (N-methyl/N-ethyl adjacent to an activating group) is 1. The van der Waals surface area contributed by atoms with Crippen molar-refractivity contribution in [1.29, 1.82) is 0 Å². The Labute approximate surface area is 177 Å². The van der Waals surface area contributed by atoms with Gasteiger partial charge < -0.3 is 24.5 Å². The first-order chi connectivity index (χ1) is 12.7. The van der Waals surface area contributed by atoms with Gasteiger partial charge in [0.1, 0.15) is 17.8 Å². The summed E-state index contributed by atoms with van der Waals surface area (Å²) in [6.45, 7) is 5.43. The third-order valence-corrected chi connectivity index (χ3v) is 4.57. The second-order valence-corrected chi connectivity index (χ2v) is 6.52. The maximum Gasteiger partial charge on any atom is 0.194 e. The highest BCUT2D eigenvalue weighted by Crippen LogP contribution is 2.18. The van der Waals surface area contributed by atoms with Crippen LogP contribution in [0.5, 0.6) is 0 Å². The Bertz CT molecular complexity index is 714. The van der Waals surface area contributed by atoms with Gasteiger partial charge in [-0.05, 0) is 13.1 Å². The van der Waals surface area contributed by atoms with E-state index in [1.165, 1.54) is 5.56 Å². The second kappa shape index (κ2) is 10.5. The number of hydrogen-bond acceptors (Lipinski definition) is 6.